The molecule has 1 unspecified atom stereocenters. The zero-order valence-corrected chi connectivity index (χ0v) is 9.00. The van der Waals surface area contributed by atoms with Crippen molar-refractivity contribution >= 4 is 5.84 Å². The molecule has 0 fully saturated rings. The number of nitrogens with two attached hydrogens (primary N) is 1. The Kier molecular flexibility index (Phi) is 3.80. The fraction of sp³-hybridized carbons (Fsp3) is 0.364. The summed E-state index contributed by atoms with van der Waals surface area (Å²) in [4.78, 5) is 1.83. The summed E-state index contributed by atoms with van der Waals surface area (Å²) >= 11 is 0. The molecule has 0 aliphatic carbocycles. The van der Waals surface area contributed by atoms with E-state index in [9.17, 15) is 4.39 Å². The van der Waals surface area contributed by atoms with E-state index >= 15 is 0 Å². The number of nitrogens with zero attached hydrogens (tertiary/aromatic N) is 1. The molecule has 4 heteroatoms. The maximum absolute atomic E-state index is 13.3. The van der Waals surface area contributed by atoms with Crippen molar-refractivity contribution in [3.8, 4) is 0 Å². The third-order valence-electron chi connectivity index (χ3n) is 2.49. The van der Waals surface area contributed by atoms with E-state index in [4.69, 9.17) is 11.1 Å². The molecular formula is C11H16FN3. The molecular weight excluding hydrogens is 193 g/mol. The van der Waals surface area contributed by atoms with E-state index in [1.165, 1.54) is 6.07 Å². The summed E-state index contributed by atoms with van der Waals surface area (Å²) in [6, 6.07) is 6.45. The molecule has 1 rings (SSSR count). The van der Waals surface area contributed by atoms with Gasteiger partial charge in [0, 0.05) is 12.1 Å². The predicted molar refractivity (Wildman–Crippen MR) is 59.2 cm³/mol. The molecule has 1 aromatic carbocycles. The Morgan fingerprint density at radius 2 is 2.13 bits per heavy atom. The molecule has 1 aromatic rings. The van der Waals surface area contributed by atoms with Crippen molar-refractivity contribution in [2.24, 2.45) is 5.73 Å². The second kappa shape index (κ2) is 4.89. The van der Waals surface area contributed by atoms with Crippen LogP contribution in [0.2, 0.25) is 0 Å². The molecule has 0 bridgehead atoms. The highest BCUT2D eigenvalue weighted by molar-refractivity contribution is 5.82. The van der Waals surface area contributed by atoms with Gasteiger partial charge in [-0.15, -0.1) is 0 Å². The van der Waals surface area contributed by atoms with Crippen molar-refractivity contribution in [2.45, 2.75) is 19.5 Å². The highest BCUT2D eigenvalue weighted by Crippen LogP contribution is 2.10. The van der Waals surface area contributed by atoms with Gasteiger partial charge in [0.05, 0.1) is 6.04 Å². The number of rotatable bonds is 4. The van der Waals surface area contributed by atoms with E-state index < -0.39 is 0 Å². The average Bonchev–Trinajstić information content (AvgIpc) is 2.20. The molecule has 3 nitrogen and oxygen atoms in total. The van der Waals surface area contributed by atoms with Gasteiger partial charge in [-0.25, -0.2) is 4.39 Å². The van der Waals surface area contributed by atoms with Gasteiger partial charge in [-0.05, 0) is 20.0 Å². The lowest BCUT2D eigenvalue weighted by molar-refractivity contribution is 0.296. The number of amidine groups is 1. The highest BCUT2D eigenvalue weighted by Gasteiger charge is 2.13. The molecule has 0 saturated carbocycles. The molecule has 0 saturated heterocycles. The van der Waals surface area contributed by atoms with Crippen molar-refractivity contribution in [1.29, 1.82) is 5.41 Å². The Hall–Kier alpha value is -1.42. The maximum atomic E-state index is 13.3. The molecule has 0 amide bonds. The Morgan fingerprint density at radius 1 is 1.53 bits per heavy atom. The van der Waals surface area contributed by atoms with E-state index in [1.54, 1.807) is 18.2 Å². The zero-order valence-electron chi connectivity index (χ0n) is 9.00. The van der Waals surface area contributed by atoms with Gasteiger partial charge in [0.25, 0.3) is 0 Å². The molecule has 0 heterocycles. The molecule has 3 N–H and O–H groups in total. The molecule has 0 aliphatic heterocycles. The second-order valence-electron chi connectivity index (χ2n) is 3.64. The van der Waals surface area contributed by atoms with E-state index in [0.717, 1.165) is 0 Å². The van der Waals surface area contributed by atoms with Crippen LogP contribution in [0.15, 0.2) is 24.3 Å². The van der Waals surface area contributed by atoms with Crippen LogP contribution in [0, 0.1) is 11.2 Å². The summed E-state index contributed by atoms with van der Waals surface area (Å²) in [7, 11) is 1.82. The topological polar surface area (TPSA) is 53.1 Å². The number of halogens is 1. The van der Waals surface area contributed by atoms with Gasteiger partial charge >= 0.3 is 0 Å². The van der Waals surface area contributed by atoms with Crippen molar-refractivity contribution in [1.82, 2.24) is 4.90 Å². The van der Waals surface area contributed by atoms with Crippen LogP contribution in [-0.2, 0) is 6.54 Å². The quantitative estimate of drug-likeness (QED) is 0.584. The van der Waals surface area contributed by atoms with Crippen LogP contribution >= 0.6 is 0 Å². The van der Waals surface area contributed by atoms with Gasteiger partial charge in [0.1, 0.15) is 11.7 Å². The Labute approximate surface area is 89.2 Å². The van der Waals surface area contributed by atoms with Crippen molar-refractivity contribution < 1.29 is 4.39 Å². The summed E-state index contributed by atoms with van der Waals surface area (Å²) in [5, 5.41) is 7.29. The van der Waals surface area contributed by atoms with Crippen molar-refractivity contribution in [3.05, 3.63) is 35.6 Å². The first-order valence-corrected chi connectivity index (χ1v) is 4.80. The Bertz CT molecular complexity index is 351. The lowest BCUT2D eigenvalue weighted by atomic mass is 10.2. The number of nitrogens with one attached hydrogen (secondary N) is 1. The van der Waals surface area contributed by atoms with Gasteiger partial charge in [0.2, 0.25) is 0 Å². The van der Waals surface area contributed by atoms with Gasteiger partial charge in [-0.1, -0.05) is 18.2 Å². The SMILES string of the molecule is CC(C(=N)N)N(C)Cc1ccccc1F. The minimum atomic E-state index is -0.222. The largest absolute Gasteiger partial charge is 0.386 e. The lowest BCUT2D eigenvalue weighted by Crippen LogP contribution is -2.39. The first kappa shape index (κ1) is 11.7. The number of hydrogen-bond acceptors (Lipinski definition) is 2. The summed E-state index contributed by atoms with van der Waals surface area (Å²) < 4.78 is 13.3. The van der Waals surface area contributed by atoms with Crippen LogP contribution in [0.5, 0.6) is 0 Å². The maximum Gasteiger partial charge on any atom is 0.127 e. The molecule has 1 atom stereocenters. The first-order chi connectivity index (χ1) is 7.02. The van der Waals surface area contributed by atoms with E-state index in [0.29, 0.717) is 12.1 Å². The highest BCUT2D eigenvalue weighted by atomic mass is 19.1. The number of benzene rings is 1. The van der Waals surface area contributed by atoms with Crippen LogP contribution in [0.3, 0.4) is 0 Å². The number of hydrogen-bond donors (Lipinski definition) is 2. The van der Waals surface area contributed by atoms with Gasteiger partial charge in [-0.3, -0.25) is 10.3 Å². The molecule has 0 aromatic heterocycles. The van der Waals surface area contributed by atoms with Crippen LogP contribution < -0.4 is 5.73 Å². The van der Waals surface area contributed by atoms with E-state index in [1.807, 2.05) is 18.9 Å². The van der Waals surface area contributed by atoms with E-state index in [2.05, 4.69) is 0 Å². The van der Waals surface area contributed by atoms with Gasteiger partial charge in [-0.2, -0.15) is 0 Å². The fourth-order valence-electron chi connectivity index (χ4n) is 1.27. The minimum absolute atomic E-state index is 0.0915. The fourth-order valence-corrected chi connectivity index (χ4v) is 1.27. The third-order valence-corrected chi connectivity index (χ3v) is 2.49. The normalized spacial score (nSPS) is 12.8. The smallest absolute Gasteiger partial charge is 0.127 e. The standard InChI is InChI=1S/C11H16FN3/c1-8(11(13)14)15(2)7-9-5-3-4-6-10(9)12/h3-6,8H,7H2,1-2H3,(H3,13,14). The zero-order chi connectivity index (χ0) is 11.4. The molecule has 15 heavy (non-hydrogen) atoms. The van der Waals surface area contributed by atoms with Crippen LogP contribution in [0.25, 0.3) is 0 Å². The van der Waals surface area contributed by atoms with Crippen molar-refractivity contribution in [3.63, 3.8) is 0 Å². The van der Waals surface area contributed by atoms with Crippen LogP contribution in [-0.4, -0.2) is 23.8 Å². The third kappa shape index (κ3) is 3.02. The molecule has 0 radical (unpaired) electrons. The summed E-state index contributed by atoms with van der Waals surface area (Å²) in [6.45, 7) is 2.27. The minimum Gasteiger partial charge on any atom is -0.386 e. The Balaban J connectivity index is 2.70. The van der Waals surface area contributed by atoms with E-state index in [-0.39, 0.29) is 17.7 Å². The molecule has 0 spiro atoms. The predicted octanol–water partition coefficient (Wildman–Crippen LogP) is 1.58. The van der Waals surface area contributed by atoms with Gasteiger partial charge in [0.15, 0.2) is 0 Å². The van der Waals surface area contributed by atoms with Gasteiger partial charge < -0.3 is 5.73 Å². The second-order valence-corrected chi connectivity index (χ2v) is 3.64. The van der Waals surface area contributed by atoms with Crippen molar-refractivity contribution in [2.75, 3.05) is 7.05 Å². The van der Waals surface area contributed by atoms with Crippen LogP contribution in [0.4, 0.5) is 4.39 Å². The van der Waals surface area contributed by atoms with Crippen LogP contribution in [0.1, 0.15) is 12.5 Å². The number of likely N-dealkylation sites (N-methyl/N-ethyl adjacent to an activating group) is 1. The molecule has 0 aliphatic rings. The summed E-state index contributed by atoms with van der Waals surface area (Å²) in [5.74, 6) is -0.131. The lowest BCUT2D eigenvalue weighted by Gasteiger charge is -2.23. The summed E-state index contributed by atoms with van der Waals surface area (Å²) in [5.41, 5.74) is 6.00. The molecule has 82 valence electrons. The first-order valence-electron chi connectivity index (χ1n) is 4.80. The monoisotopic (exact) mass is 209 g/mol. The summed E-state index contributed by atoms with van der Waals surface area (Å²) in [6.07, 6.45) is 0. The average molecular weight is 209 g/mol. The Morgan fingerprint density at radius 3 is 2.67 bits per heavy atom.